The lowest BCUT2D eigenvalue weighted by Crippen LogP contribution is -2.32. The lowest BCUT2D eigenvalue weighted by Gasteiger charge is -2.07. The Labute approximate surface area is 218 Å². The maximum Gasteiger partial charge on any atom is 0.273 e. The van der Waals surface area contributed by atoms with E-state index in [4.69, 9.17) is 9.47 Å². The van der Waals surface area contributed by atoms with Crippen LogP contribution >= 0.6 is 11.3 Å². The normalized spacial score (nSPS) is 12.0. The summed E-state index contributed by atoms with van der Waals surface area (Å²) >= 11 is 1.08. The van der Waals surface area contributed by atoms with Gasteiger partial charge in [0.15, 0.2) is 17.1 Å². The van der Waals surface area contributed by atoms with E-state index in [1.165, 1.54) is 11.7 Å². The van der Waals surface area contributed by atoms with Crippen molar-refractivity contribution in [3.05, 3.63) is 103 Å². The van der Waals surface area contributed by atoms with Crippen LogP contribution < -0.4 is 29.5 Å². The molecular formula is C29H25N3O4S. The quantitative estimate of drug-likeness (QED) is 0.426. The molecule has 0 aliphatic heterocycles. The Morgan fingerprint density at radius 1 is 0.973 bits per heavy atom. The van der Waals surface area contributed by atoms with Gasteiger partial charge >= 0.3 is 0 Å². The molecule has 1 heterocycles. The monoisotopic (exact) mass is 511 g/mol. The fraction of sp³-hybridized carbons (Fsp3) is 0.138. The fourth-order valence-electron chi connectivity index (χ4n) is 3.76. The highest BCUT2D eigenvalue weighted by atomic mass is 32.1. The maximum absolute atomic E-state index is 13.6. The van der Waals surface area contributed by atoms with E-state index in [9.17, 15) is 14.9 Å². The molecule has 4 rings (SSSR count). The van der Waals surface area contributed by atoms with E-state index in [1.807, 2.05) is 38.1 Å². The summed E-state index contributed by atoms with van der Waals surface area (Å²) in [5.74, 6) is 0.499. The van der Waals surface area contributed by atoms with E-state index in [1.54, 1.807) is 61.7 Å². The Kier molecular flexibility index (Phi) is 7.56. The van der Waals surface area contributed by atoms with Crippen molar-refractivity contribution in [1.29, 1.82) is 5.26 Å². The minimum Gasteiger partial charge on any atom is -0.493 e. The fourth-order valence-corrected chi connectivity index (χ4v) is 4.87. The molecule has 4 aromatic rings. The molecule has 1 N–H and O–H groups in total. The number of anilines is 1. The number of thiazole rings is 1. The van der Waals surface area contributed by atoms with Crippen molar-refractivity contribution in [3.63, 3.8) is 0 Å². The number of nitrogens with zero attached hydrogens (tertiary/aromatic N) is 2. The van der Waals surface area contributed by atoms with Gasteiger partial charge in [-0.05, 0) is 73.0 Å². The number of hydrogen-bond donors (Lipinski definition) is 1. The van der Waals surface area contributed by atoms with Crippen LogP contribution in [0.1, 0.15) is 16.7 Å². The van der Waals surface area contributed by atoms with Crippen LogP contribution in [0.15, 0.2) is 71.5 Å². The highest BCUT2D eigenvalue weighted by Crippen LogP contribution is 2.27. The zero-order valence-electron chi connectivity index (χ0n) is 20.9. The van der Waals surface area contributed by atoms with Gasteiger partial charge in [-0.15, -0.1) is 11.3 Å². The molecule has 186 valence electrons. The van der Waals surface area contributed by atoms with E-state index in [-0.39, 0.29) is 15.8 Å². The number of carbonyl (C=O) groups is 1. The number of methoxy groups -OCH3 is 2. The number of nitrogens with one attached hydrogen (secondary N) is 1. The van der Waals surface area contributed by atoms with Crippen LogP contribution in [-0.4, -0.2) is 24.7 Å². The molecule has 0 unspecified atom stereocenters. The van der Waals surface area contributed by atoms with Crippen molar-refractivity contribution in [2.24, 2.45) is 0 Å². The third-order valence-electron chi connectivity index (χ3n) is 5.86. The number of para-hydroxylation sites is 1. The maximum atomic E-state index is 13.6. The highest BCUT2D eigenvalue weighted by molar-refractivity contribution is 7.07. The summed E-state index contributed by atoms with van der Waals surface area (Å²) in [6.07, 6.45) is 1.70. The van der Waals surface area contributed by atoms with Crippen LogP contribution in [0, 0.1) is 25.2 Å². The van der Waals surface area contributed by atoms with Crippen molar-refractivity contribution in [2.45, 2.75) is 13.8 Å². The molecule has 0 fully saturated rings. The van der Waals surface area contributed by atoms with Crippen LogP contribution in [0.4, 0.5) is 5.69 Å². The summed E-state index contributed by atoms with van der Waals surface area (Å²) in [5, 5.41) is 12.8. The van der Waals surface area contributed by atoms with Gasteiger partial charge in [0.25, 0.3) is 11.5 Å². The number of carbonyl (C=O) groups excluding carboxylic acids is 1. The first-order chi connectivity index (χ1) is 17.9. The molecule has 37 heavy (non-hydrogen) atoms. The number of nitriles is 1. The van der Waals surface area contributed by atoms with Crippen LogP contribution in [-0.2, 0) is 4.79 Å². The van der Waals surface area contributed by atoms with Crippen molar-refractivity contribution >= 4 is 34.6 Å². The molecule has 0 radical (unpaired) electrons. The summed E-state index contributed by atoms with van der Waals surface area (Å²) in [7, 11) is 3.09. The molecule has 0 saturated carbocycles. The molecule has 1 amide bonds. The standard InChI is InChI=1S/C29H25N3O4S/c1-18-10-12-21(14-19(18)2)31-27(33)23(17-30)29-32(22-8-6-5-7-9-22)28(34)26(37-29)16-20-11-13-24(35-3)25(15-20)36-4/h5-16H,1-4H3,(H,31,33). The molecule has 0 atom stereocenters. The van der Waals surface area contributed by atoms with E-state index >= 15 is 0 Å². The molecule has 0 spiro atoms. The summed E-state index contributed by atoms with van der Waals surface area (Å²) in [5.41, 5.74) is 3.44. The number of aromatic nitrogens is 1. The van der Waals surface area contributed by atoms with Crippen molar-refractivity contribution in [2.75, 3.05) is 19.5 Å². The second-order valence-corrected chi connectivity index (χ2v) is 9.28. The number of ether oxygens (including phenoxy) is 2. The first-order valence-electron chi connectivity index (χ1n) is 11.4. The van der Waals surface area contributed by atoms with Gasteiger partial charge in [-0.3, -0.25) is 14.2 Å². The van der Waals surface area contributed by atoms with Gasteiger partial charge < -0.3 is 14.8 Å². The first kappa shape index (κ1) is 25.5. The van der Waals surface area contributed by atoms with Crippen LogP contribution in [0.2, 0.25) is 0 Å². The summed E-state index contributed by atoms with van der Waals surface area (Å²) in [6, 6.07) is 21.8. The third kappa shape index (κ3) is 5.32. The second-order valence-electron chi connectivity index (χ2n) is 8.25. The van der Waals surface area contributed by atoms with Gasteiger partial charge in [0.05, 0.1) is 24.4 Å². The molecule has 0 aliphatic rings. The van der Waals surface area contributed by atoms with Gasteiger partial charge in [-0.2, -0.15) is 5.26 Å². The lowest BCUT2D eigenvalue weighted by molar-refractivity contribution is -0.111. The molecule has 0 bridgehead atoms. The minimum absolute atomic E-state index is 0.156. The molecule has 3 aromatic carbocycles. The Morgan fingerprint density at radius 2 is 1.70 bits per heavy atom. The van der Waals surface area contributed by atoms with Gasteiger partial charge in [0.1, 0.15) is 10.7 Å². The summed E-state index contributed by atoms with van der Waals surface area (Å²) < 4.78 is 12.7. The SMILES string of the molecule is COc1ccc(C=c2sc(=C(C#N)C(=O)Nc3ccc(C)c(C)c3)n(-c3ccccc3)c2=O)cc1OC. The Balaban J connectivity index is 1.93. The zero-order chi connectivity index (χ0) is 26.5. The second kappa shape index (κ2) is 11.0. The molecule has 7 nitrogen and oxygen atoms in total. The van der Waals surface area contributed by atoms with E-state index in [2.05, 4.69) is 5.32 Å². The first-order valence-corrected chi connectivity index (χ1v) is 12.2. The smallest absolute Gasteiger partial charge is 0.273 e. The average Bonchev–Trinajstić information content (AvgIpc) is 3.22. The largest absolute Gasteiger partial charge is 0.493 e. The summed E-state index contributed by atoms with van der Waals surface area (Å²) in [6.45, 7) is 3.93. The van der Waals surface area contributed by atoms with E-state index in [0.717, 1.165) is 22.5 Å². The van der Waals surface area contributed by atoms with Gasteiger partial charge in [-0.1, -0.05) is 30.3 Å². The van der Waals surface area contributed by atoms with E-state index < -0.39 is 5.91 Å². The van der Waals surface area contributed by atoms with Crippen LogP contribution in [0.25, 0.3) is 17.3 Å². The minimum atomic E-state index is -0.589. The van der Waals surface area contributed by atoms with Gasteiger partial charge in [-0.25, -0.2) is 0 Å². The van der Waals surface area contributed by atoms with Gasteiger partial charge in [0, 0.05) is 5.69 Å². The average molecular weight is 512 g/mol. The zero-order valence-corrected chi connectivity index (χ0v) is 21.7. The number of amides is 1. The predicted molar refractivity (Wildman–Crippen MR) is 146 cm³/mol. The molecular weight excluding hydrogens is 486 g/mol. The van der Waals surface area contributed by atoms with Gasteiger partial charge in [0.2, 0.25) is 0 Å². The number of aryl methyl sites for hydroxylation is 2. The van der Waals surface area contributed by atoms with Crippen molar-refractivity contribution in [3.8, 4) is 23.3 Å². The van der Waals surface area contributed by atoms with Crippen LogP contribution in [0.3, 0.4) is 0 Å². The van der Waals surface area contributed by atoms with E-state index in [0.29, 0.717) is 33.0 Å². The number of rotatable bonds is 6. The van der Waals surface area contributed by atoms with Crippen LogP contribution in [0.5, 0.6) is 11.5 Å². The number of hydrogen-bond acceptors (Lipinski definition) is 6. The third-order valence-corrected chi connectivity index (χ3v) is 6.95. The molecule has 0 aliphatic carbocycles. The molecule has 1 aromatic heterocycles. The Bertz CT molecular complexity index is 1700. The topological polar surface area (TPSA) is 93.4 Å². The molecule has 8 heteroatoms. The Morgan fingerprint density at radius 3 is 2.35 bits per heavy atom. The predicted octanol–water partition coefficient (Wildman–Crippen LogP) is 3.67. The summed E-state index contributed by atoms with van der Waals surface area (Å²) in [4.78, 5) is 26.8. The highest BCUT2D eigenvalue weighted by Gasteiger charge is 2.17. The lowest BCUT2D eigenvalue weighted by atomic mass is 10.1. The number of benzene rings is 3. The van der Waals surface area contributed by atoms with Crippen molar-refractivity contribution < 1.29 is 14.3 Å². The Hall–Kier alpha value is -4.61. The van der Waals surface area contributed by atoms with Crippen molar-refractivity contribution in [1.82, 2.24) is 4.57 Å². The molecule has 0 saturated heterocycles.